The van der Waals surface area contributed by atoms with Gasteiger partial charge in [-0.15, -0.1) is 0 Å². The number of hydrogen-bond acceptors (Lipinski definition) is 4. The summed E-state index contributed by atoms with van der Waals surface area (Å²) < 4.78 is 5.39. The zero-order valence-electron chi connectivity index (χ0n) is 19.9. The summed E-state index contributed by atoms with van der Waals surface area (Å²) in [7, 11) is 1.64. The van der Waals surface area contributed by atoms with Gasteiger partial charge in [-0.1, -0.05) is 37.5 Å². The first-order chi connectivity index (χ1) is 15.8. The summed E-state index contributed by atoms with van der Waals surface area (Å²) >= 11 is 0. The second kappa shape index (κ2) is 9.82. The Balaban J connectivity index is 1.53. The summed E-state index contributed by atoms with van der Waals surface area (Å²) in [5.41, 5.74) is 3.78. The van der Waals surface area contributed by atoms with Gasteiger partial charge in [0.05, 0.1) is 7.11 Å². The first-order valence-electron chi connectivity index (χ1n) is 11.9. The van der Waals surface area contributed by atoms with E-state index in [1.807, 2.05) is 12.1 Å². The molecule has 0 saturated heterocycles. The van der Waals surface area contributed by atoms with Gasteiger partial charge in [-0.05, 0) is 68.9 Å². The molecule has 1 aliphatic carbocycles. The molecular weight excluding hydrogens is 412 g/mol. The van der Waals surface area contributed by atoms with Crippen LogP contribution in [-0.2, 0) is 6.42 Å². The zero-order chi connectivity index (χ0) is 23.4. The van der Waals surface area contributed by atoms with Crippen LogP contribution < -0.4 is 15.4 Å². The Kier molecular flexibility index (Phi) is 6.87. The lowest BCUT2D eigenvalue weighted by atomic mass is 9.85. The molecule has 5 nitrogen and oxygen atoms in total. The fourth-order valence-electron chi connectivity index (χ4n) is 4.91. The average molecular weight is 447 g/mol. The molecule has 2 aromatic carbocycles. The second-order valence-corrected chi connectivity index (χ2v) is 9.93. The molecule has 2 N–H and O–H groups in total. The normalized spacial score (nSPS) is 18.8. The fourth-order valence-corrected chi connectivity index (χ4v) is 4.91. The Bertz CT molecular complexity index is 1060. The molecule has 1 amide bonds. The van der Waals surface area contributed by atoms with Crippen molar-refractivity contribution >= 4 is 17.4 Å². The third kappa shape index (κ3) is 5.65. The van der Waals surface area contributed by atoms with E-state index >= 15 is 0 Å². The van der Waals surface area contributed by atoms with Crippen molar-refractivity contribution in [1.82, 2.24) is 10.6 Å². The number of methoxy groups -OCH3 is 1. The first-order valence-corrected chi connectivity index (χ1v) is 11.9. The van der Waals surface area contributed by atoms with Crippen LogP contribution in [0.3, 0.4) is 0 Å². The maximum atomic E-state index is 13.2. The number of ketones is 1. The molecule has 4 rings (SSSR count). The van der Waals surface area contributed by atoms with E-state index in [-0.39, 0.29) is 17.2 Å². The number of benzene rings is 2. The van der Waals surface area contributed by atoms with Gasteiger partial charge in [0.15, 0.2) is 5.78 Å². The Hall–Kier alpha value is -3.08. The van der Waals surface area contributed by atoms with Gasteiger partial charge < -0.3 is 15.4 Å². The summed E-state index contributed by atoms with van der Waals surface area (Å²) in [6.45, 7) is 4.95. The number of carbonyl (C=O) groups is 2. The largest absolute Gasteiger partial charge is 0.497 e. The molecule has 0 unspecified atom stereocenters. The van der Waals surface area contributed by atoms with Crippen molar-refractivity contribution in [2.24, 2.45) is 5.92 Å². The summed E-state index contributed by atoms with van der Waals surface area (Å²) in [4.78, 5) is 25.9. The van der Waals surface area contributed by atoms with Crippen molar-refractivity contribution in [3.63, 3.8) is 0 Å². The van der Waals surface area contributed by atoms with Crippen molar-refractivity contribution in [1.29, 1.82) is 0 Å². The van der Waals surface area contributed by atoms with Gasteiger partial charge in [-0.3, -0.25) is 9.59 Å². The van der Waals surface area contributed by atoms with Crippen molar-refractivity contribution in [3.8, 4) is 5.75 Å². The van der Waals surface area contributed by atoms with Crippen molar-refractivity contribution in [3.05, 3.63) is 70.8 Å². The van der Waals surface area contributed by atoms with E-state index in [9.17, 15) is 9.59 Å². The summed E-state index contributed by atoms with van der Waals surface area (Å²) in [5.74, 6) is 1.07. The van der Waals surface area contributed by atoms with Crippen LogP contribution in [0.25, 0.3) is 5.70 Å². The number of fused-ring (bicyclic) bond motifs is 1. The van der Waals surface area contributed by atoms with Gasteiger partial charge in [-0.2, -0.15) is 0 Å². The molecule has 2 aromatic rings. The van der Waals surface area contributed by atoms with E-state index in [0.29, 0.717) is 23.6 Å². The Morgan fingerprint density at radius 1 is 1.09 bits per heavy atom. The molecular formula is C28H34N2O3. The molecule has 0 bridgehead atoms. The van der Waals surface area contributed by atoms with Crippen LogP contribution in [0, 0.1) is 5.92 Å². The molecule has 5 heteroatoms. The summed E-state index contributed by atoms with van der Waals surface area (Å²) in [6.07, 6.45) is 8.65. The van der Waals surface area contributed by atoms with Gasteiger partial charge in [0.1, 0.15) is 5.75 Å². The minimum Gasteiger partial charge on any atom is -0.497 e. The molecule has 174 valence electrons. The van der Waals surface area contributed by atoms with Crippen molar-refractivity contribution in [2.45, 2.75) is 57.9 Å². The standard InChI is InChI=1S/C28H34N2O3/c1-28(2)17-22-12-13-23(33-3)15-24(22)25(30-28)16-26(31)20-10-7-11-21(14-20)27(32)29-18-19-8-5-4-6-9-19/h7,10-16,19,30H,4-6,8-9,17-18H2,1-3H3,(H,29,32)/b25-16-. The molecule has 2 aliphatic rings. The van der Waals surface area contributed by atoms with Crippen LogP contribution >= 0.6 is 0 Å². The fraction of sp³-hybridized carbons (Fsp3) is 0.429. The lowest BCUT2D eigenvalue weighted by Gasteiger charge is -2.35. The van der Waals surface area contributed by atoms with Gasteiger partial charge in [0, 0.05) is 40.5 Å². The van der Waals surface area contributed by atoms with E-state index in [0.717, 1.165) is 23.4 Å². The third-order valence-electron chi connectivity index (χ3n) is 6.67. The topological polar surface area (TPSA) is 67.4 Å². The predicted octanol–water partition coefficient (Wildman–Crippen LogP) is 5.15. The minimum atomic E-state index is -0.172. The van der Waals surface area contributed by atoms with E-state index in [4.69, 9.17) is 4.74 Å². The maximum Gasteiger partial charge on any atom is 0.251 e. The average Bonchev–Trinajstić information content (AvgIpc) is 2.82. The SMILES string of the molecule is COc1ccc2c(c1)/C(=C/C(=O)c1cccc(C(=O)NCC3CCCCC3)c1)NC(C)(C)C2. The van der Waals surface area contributed by atoms with E-state index in [2.05, 4.69) is 30.5 Å². The molecule has 0 atom stereocenters. The lowest BCUT2D eigenvalue weighted by Crippen LogP contribution is -2.43. The van der Waals surface area contributed by atoms with Crippen molar-refractivity contribution in [2.75, 3.05) is 13.7 Å². The highest BCUT2D eigenvalue weighted by atomic mass is 16.5. The number of amides is 1. The summed E-state index contributed by atoms with van der Waals surface area (Å²) in [5, 5.41) is 6.56. The Morgan fingerprint density at radius 3 is 2.61 bits per heavy atom. The smallest absolute Gasteiger partial charge is 0.251 e. The van der Waals surface area contributed by atoms with E-state index in [1.165, 1.54) is 37.7 Å². The molecule has 1 heterocycles. The van der Waals surface area contributed by atoms with Crippen LogP contribution in [0.2, 0.25) is 0 Å². The first kappa shape index (κ1) is 23.1. The maximum absolute atomic E-state index is 13.2. The van der Waals surface area contributed by atoms with E-state index in [1.54, 1.807) is 37.5 Å². The summed E-state index contributed by atoms with van der Waals surface area (Å²) in [6, 6.07) is 13.0. The Labute approximate surface area is 196 Å². The molecule has 33 heavy (non-hydrogen) atoms. The van der Waals surface area contributed by atoms with Crippen LogP contribution in [0.5, 0.6) is 5.75 Å². The van der Waals surface area contributed by atoms with Gasteiger partial charge >= 0.3 is 0 Å². The number of hydrogen-bond donors (Lipinski definition) is 2. The van der Waals surface area contributed by atoms with Gasteiger partial charge in [0.2, 0.25) is 0 Å². The highest BCUT2D eigenvalue weighted by molar-refractivity contribution is 6.10. The molecule has 1 saturated carbocycles. The number of allylic oxidation sites excluding steroid dienone is 1. The zero-order valence-corrected chi connectivity index (χ0v) is 19.9. The molecule has 1 fully saturated rings. The number of nitrogens with one attached hydrogen (secondary N) is 2. The Morgan fingerprint density at radius 2 is 1.85 bits per heavy atom. The van der Waals surface area contributed by atoms with Crippen LogP contribution in [0.15, 0.2) is 48.5 Å². The molecule has 0 aromatic heterocycles. The third-order valence-corrected chi connectivity index (χ3v) is 6.67. The molecule has 0 spiro atoms. The van der Waals surface area contributed by atoms with Gasteiger partial charge in [-0.25, -0.2) is 0 Å². The lowest BCUT2D eigenvalue weighted by molar-refractivity contribution is 0.0943. The van der Waals surface area contributed by atoms with Crippen LogP contribution in [0.1, 0.15) is 77.8 Å². The van der Waals surface area contributed by atoms with Crippen LogP contribution in [-0.4, -0.2) is 30.9 Å². The predicted molar refractivity (Wildman–Crippen MR) is 132 cm³/mol. The second-order valence-electron chi connectivity index (χ2n) is 9.93. The molecule has 0 radical (unpaired) electrons. The number of rotatable bonds is 6. The quantitative estimate of drug-likeness (QED) is 0.475. The molecule has 1 aliphatic heterocycles. The van der Waals surface area contributed by atoms with Crippen LogP contribution in [0.4, 0.5) is 0 Å². The van der Waals surface area contributed by atoms with Gasteiger partial charge in [0.25, 0.3) is 5.91 Å². The monoisotopic (exact) mass is 446 g/mol. The highest BCUT2D eigenvalue weighted by Crippen LogP contribution is 2.32. The van der Waals surface area contributed by atoms with E-state index < -0.39 is 0 Å². The van der Waals surface area contributed by atoms with Crippen molar-refractivity contribution < 1.29 is 14.3 Å². The highest BCUT2D eigenvalue weighted by Gasteiger charge is 2.28. The number of carbonyl (C=O) groups excluding carboxylic acids is 2. The minimum absolute atomic E-state index is 0.116. The number of ether oxygens (including phenoxy) is 1.